The van der Waals surface area contributed by atoms with Gasteiger partial charge in [-0.3, -0.25) is 9.79 Å². The molecule has 2 rings (SSSR count). The Labute approximate surface area is 161 Å². The zero-order chi connectivity index (χ0) is 20.6. The second-order valence-electron chi connectivity index (χ2n) is 6.18. The summed E-state index contributed by atoms with van der Waals surface area (Å²) in [5.41, 5.74) is -0.988. The van der Waals surface area contributed by atoms with Gasteiger partial charge in [-0.1, -0.05) is 0 Å². The highest BCUT2D eigenvalue weighted by molar-refractivity contribution is 5.80. The molecule has 1 aromatic heterocycles. The number of aliphatic imine (C=N–C) groups is 1. The van der Waals surface area contributed by atoms with Crippen LogP contribution in [0.1, 0.15) is 25.5 Å². The summed E-state index contributed by atoms with van der Waals surface area (Å²) in [5.74, 6) is 0.348. The molecule has 1 aliphatic rings. The number of nitrogens with one attached hydrogen (secondary N) is 2. The Morgan fingerprint density at radius 1 is 1.36 bits per heavy atom. The summed E-state index contributed by atoms with van der Waals surface area (Å²) in [6.07, 6.45) is -2.06. The Morgan fingerprint density at radius 3 is 2.68 bits per heavy atom. The topological polar surface area (TPSA) is 91.7 Å². The average Bonchev–Trinajstić information content (AvgIpc) is 2.68. The van der Waals surface area contributed by atoms with E-state index in [0.717, 1.165) is 12.3 Å². The number of alkyl halides is 3. The molecule has 0 spiro atoms. The first kappa shape index (κ1) is 21.7. The summed E-state index contributed by atoms with van der Waals surface area (Å²) >= 11 is 0. The number of esters is 1. The van der Waals surface area contributed by atoms with Crippen molar-refractivity contribution in [3.63, 3.8) is 0 Å². The smallest absolute Gasteiger partial charge is 0.433 e. The molecule has 0 amide bonds. The van der Waals surface area contributed by atoms with E-state index in [1.807, 2.05) is 4.90 Å². The molecular formula is C17H25F3N6O2. The quantitative estimate of drug-likeness (QED) is 0.324. The molecule has 1 fully saturated rings. The van der Waals surface area contributed by atoms with Crippen LogP contribution in [0.15, 0.2) is 17.3 Å². The molecule has 0 bridgehead atoms. The van der Waals surface area contributed by atoms with Gasteiger partial charge in [-0.15, -0.1) is 0 Å². The molecule has 0 aliphatic carbocycles. The number of aromatic nitrogens is 2. The van der Waals surface area contributed by atoms with Crippen LogP contribution < -0.4 is 10.6 Å². The lowest BCUT2D eigenvalue weighted by molar-refractivity contribution is -0.149. The number of halogens is 3. The van der Waals surface area contributed by atoms with Crippen LogP contribution in [0.5, 0.6) is 0 Å². The first-order valence-corrected chi connectivity index (χ1v) is 9.11. The van der Waals surface area contributed by atoms with Gasteiger partial charge in [-0.2, -0.15) is 13.2 Å². The number of rotatable bonds is 6. The maximum Gasteiger partial charge on any atom is 0.433 e. The molecule has 1 aliphatic heterocycles. The van der Waals surface area contributed by atoms with Crippen LogP contribution in [0.4, 0.5) is 19.1 Å². The Bertz CT molecular complexity index is 675. The molecule has 11 heteroatoms. The Kier molecular flexibility index (Phi) is 7.82. The normalized spacial score (nSPS) is 16.0. The fourth-order valence-corrected chi connectivity index (χ4v) is 2.87. The number of carbonyl (C=O) groups excluding carboxylic acids is 1. The standard InChI is InChI=1S/C17H25F3N6O2/c1-3-28-14(27)12-5-10-26(11-6-12)16(21-2)24-9-8-23-15-22-7-4-13(25-15)17(18,19)20/h4,7,12H,3,5-6,8-11H2,1-2H3,(H,21,24)(H,22,23,25). The predicted octanol–water partition coefficient (Wildman–Crippen LogP) is 1.76. The second-order valence-corrected chi connectivity index (χ2v) is 6.18. The van der Waals surface area contributed by atoms with E-state index in [1.165, 1.54) is 0 Å². The van der Waals surface area contributed by atoms with Crippen molar-refractivity contribution in [3.8, 4) is 0 Å². The van der Waals surface area contributed by atoms with Crippen molar-refractivity contribution in [2.24, 2.45) is 10.9 Å². The molecule has 0 radical (unpaired) electrons. The van der Waals surface area contributed by atoms with Gasteiger partial charge < -0.3 is 20.3 Å². The maximum atomic E-state index is 12.7. The predicted molar refractivity (Wildman–Crippen MR) is 97.8 cm³/mol. The SMILES string of the molecule is CCOC(=O)C1CCN(C(=NC)NCCNc2nccc(C(F)(F)F)n2)CC1. The van der Waals surface area contributed by atoms with Gasteiger partial charge in [0.05, 0.1) is 12.5 Å². The summed E-state index contributed by atoms with van der Waals surface area (Å²) < 4.78 is 43.0. The monoisotopic (exact) mass is 402 g/mol. The molecule has 156 valence electrons. The van der Waals surface area contributed by atoms with Gasteiger partial charge in [-0.05, 0) is 25.8 Å². The number of guanidine groups is 1. The van der Waals surface area contributed by atoms with Crippen LogP contribution in [0.25, 0.3) is 0 Å². The minimum absolute atomic E-state index is 0.0816. The lowest BCUT2D eigenvalue weighted by Crippen LogP contribution is -2.47. The van der Waals surface area contributed by atoms with Crippen molar-refractivity contribution in [2.45, 2.75) is 25.9 Å². The third kappa shape index (κ3) is 6.24. The van der Waals surface area contributed by atoms with Crippen molar-refractivity contribution in [2.75, 3.05) is 45.2 Å². The van der Waals surface area contributed by atoms with E-state index >= 15 is 0 Å². The number of ether oxygens (including phenoxy) is 1. The molecular weight excluding hydrogens is 377 g/mol. The van der Waals surface area contributed by atoms with Gasteiger partial charge in [0.15, 0.2) is 5.96 Å². The fraction of sp³-hybridized carbons (Fsp3) is 0.647. The van der Waals surface area contributed by atoms with Crippen LogP contribution in [0.3, 0.4) is 0 Å². The lowest BCUT2D eigenvalue weighted by Gasteiger charge is -2.33. The number of anilines is 1. The van der Waals surface area contributed by atoms with Gasteiger partial charge >= 0.3 is 12.1 Å². The van der Waals surface area contributed by atoms with Crippen molar-refractivity contribution >= 4 is 17.9 Å². The van der Waals surface area contributed by atoms with Crippen molar-refractivity contribution < 1.29 is 22.7 Å². The van der Waals surface area contributed by atoms with Crippen molar-refractivity contribution in [1.82, 2.24) is 20.2 Å². The molecule has 1 saturated heterocycles. The highest BCUT2D eigenvalue weighted by Crippen LogP contribution is 2.27. The van der Waals surface area contributed by atoms with E-state index in [4.69, 9.17) is 4.74 Å². The molecule has 1 aromatic rings. The van der Waals surface area contributed by atoms with Crippen LogP contribution in [-0.4, -0.2) is 66.6 Å². The molecule has 28 heavy (non-hydrogen) atoms. The summed E-state index contributed by atoms with van der Waals surface area (Å²) in [6.45, 7) is 4.26. The summed E-state index contributed by atoms with van der Waals surface area (Å²) in [6, 6.07) is 0.825. The van der Waals surface area contributed by atoms with Gasteiger partial charge in [0, 0.05) is 39.4 Å². The largest absolute Gasteiger partial charge is 0.466 e. The number of hydrogen-bond donors (Lipinski definition) is 2. The van der Waals surface area contributed by atoms with Crippen LogP contribution in [0, 0.1) is 5.92 Å². The Morgan fingerprint density at radius 2 is 2.07 bits per heavy atom. The number of carbonyl (C=O) groups is 1. The van der Waals surface area contributed by atoms with E-state index in [9.17, 15) is 18.0 Å². The first-order valence-electron chi connectivity index (χ1n) is 9.11. The summed E-state index contributed by atoms with van der Waals surface area (Å²) in [5, 5.41) is 5.90. The molecule has 2 N–H and O–H groups in total. The first-order chi connectivity index (χ1) is 13.3. The summed E-state index contributed by atoms with van der Waals surface area (Å²) in [7, 11) is 1.66. The molecule has 0 aromatic carbocycles. The van der Waals surface area contributed by atoms with Gasteiger partial charge in [0.2, 0.25) is 5.95 Å². The third-order valence-corrected chi connectivity index (χ3v) is 4.26. The number of piperidine rings is 1. The molecule has 2 heterocycles. The van der Waals surface area contributed by atoms with Gasteiger partial charge in [0.25, 0.3) is 0 Å². The van der Waals surface area contributed by atoms with Crippen LogP contribution >= 0.6 is 0 Å². The van der Waals surface area contributed by atoms with E-state index in [2.05, 4.69) is 25.6 Å². The number of hydrogen-bond acceptors (Lipinski definition) is 6. The highest BCUT2D eigenvalue weighted by Gasteiger charge is 2.32. The van der Waals surface area contributed by atoms with E-state index in [0.29, 0.717) is 51.6 Å². The maximum absolute atomic E-state index is 12.7. The molecule has 0 atom stereocenters. The second kappa shape index (κ2) is 10.1. The van der Waals surface area contributed by atoms with E-state index in [-0.39, 0.29) is 17.8 Å². The number of likely N-dealkylation sites (tertiary alicyclic amines) is 1. The third-order valence-electron chi connectivity index (χ3n) is 4.26. The minimum atomic E-state index is -4.50. The Hall–Kier alpha value is -2.59. The van der Waals surface area contributed by atoms with Crippen LogP contribution in [-0.2, 0) is 15.7 Å². The van der Waals surface area contributed by atoms with Crippen molar-refractivity contribution in [1.29, 1.82) is 0 Å². The molecule has 0 saturated carbocycles. The lowest BCUT2D eigenvalue weighted by atomic mass is 9.97. The number of nitrogens with zero attached hydrogens (tertiary/aromatic N) is 4. The Balaban J connectivity index is 1.76. The average molecular weight is 402 g/mol. The summed E-state index contributed by atoms with van der Waals surface area (Å²) in [4.78, 5) is 25.3. The molecule has 8 nitrogen and oxygen atoms in total. The zero-order valence-electron chi connectivity index (χ0n) is 15.9. The zero-order valence-corrected chi connectivity index (χ0v) is 15.9. The van der Waals surface area contributed by atoms with Crippen LogP contribution in [0.2, 0.25) is 0 Å². The van der Waals surface area contributed by atoms with Gasteiger partial charge in [-0.25, -0.2) is 9.97 Å². The highest BCUT2D eigenvalue weighted by atomic mass is 19.4. The molecule has 0 unspecified atom stereocenters. The van der Waals surface area contributed by atoms with Gasteiger partial charge in [0.1, 0.15) is 5.69 Å². The van der Waals surface area contributed by atoms with Crippen molar-refractivity contribution in [3.05, 3.63) is 18.0 Å². The fourth-order valence-electron chi connectivity index (χ4n) is 2.87. The van der Waals surface area contributed by atoms with E-state index < -0.39 is 11.9 Å². The van der Waals surface area contributed by atoms with E-state index in [1.54, 1.807) is 14.0 Å². The minimum Gasteiger partial charge on any atom is -0.466 e.